The summed E-state index contributed by atoms with van der Waals surface area (Å²) in [4.78, 5) is 0. The maximum absolute atomic E-state index is 14.1. The average Bonchev–Trinajstić information content (AvgIpc) is 2.84. The minimum absolute atomic E-state index is 0.0314. The van der Waals surface area contributed by atoms with E-state index in [-0.39, 0.29) is 5.54 Å². The van der Waals surface area contributed by atoms with Crippen LogP contribution in [0.25, 0.3) is 0 Å². The van der Waals surface area contributed by atoms with Crippen molar-refractivity contribution < 1.29 is 4.39 Å². The molecule has 0 aromatic rings. The first-order valence-corrected chi connectivity index (χ1v) is 6.33. The van der Waals surface area contributed by atoms with Gasteiger partial charge in [0.2, 0.25) is 0 Å². The van der Waals surface area contributed by atoms with Crippen LogP contribution >= 0.6 is 11.8 Å². The van der Waals surface area contributed by atoms with Crippen molar-refractivity contribution in [1.29, 1.82) is 0 Å². The van der Waals surface area contributed by atoms with Crippen molar-refractivity contribution in [2.45, 2.75) is 49.7 Å². The van der Waals surface area contributed by atoms with E-state index in [0.717, 1.165) is 43.6 Å². The van der Waals surface area contributed by atoms with Gasteiger partial charge in [0.1, 0.15) is 5.67 Å². The van der Waals surface area contributed by atoms with Crippen LogP contribution in [0.3, 0.4) is 0 Å². The van der Waals surface area contributed by atoms with E-state index in [1.54, 1.807) is 0 Å². The van der Waals surface area contributed by atoms with E-state index >= 15 is 0 Å². The quantitative estimate of drug-likeness (QED) is 0.762. The third kappa shape index (κ3) is 2.59. The smallest absolute Gasteiger partial charge is 0.112 e. The minimum Gasteiger partial charge on any atom is -0.325 e. The lowest BCUT2D eigenvalue weighted by Gasteiger charge is -2.30. The monoisotopic (exact) mass is 203 g/mol. The Kier molecular flexibility index (Phi) is 2.58. The van der Waals surface area contributed by atoms with Crippen molar-refractivity contribution in [3.63, 3.8) is 0 Å². The summed E-state index contributed by atoms with van der Waals surface area (Å²) < 4.78 is 14.1. The summed E-state index contributed by atoms with van der Waals surface area (Å²) in [5, 5.41) is 0. The Bertz CT molecular complexity index is 185. The molecule has 76 valence electrons. The fraction of sp³-hybridized carbons (Fsp3) is 1.00. The van der Waals surface area contributed by atoms with Crippen LogP contribution in [0.15, 0.2) is 0 Å². The van der Waals surface area contributed by atoms with Crippen LogP contribution in [0.5, 0.6) is 0 Å². The third-order valence-corrected chi connectivity index (χ3v) is 4.34. The normalized spacial score (nSPS) is 30.0. The molecule has 0 atom stereocenters. The van der Waals surface area contributed by atoms with Crippen molar-refractivity contribution >= 4 is 11.8 Å². The Hall–Kier alpha value is 0.240. The van der Waals surface area contributed by atoms with E-state index in [1.165, 1.54) is 0 Å². The van der Waals surface area contributed by atoms with Crippen LogP contribution in [0.4, 0.5) is 4.39 Å². The summed E-state index contributed by atoms with van der Waals surface area (Å²) in [7, 11) is 0. The van der Waals surface area contributed by atoms with Crippen molar-refractivity contribution in [3.8, 4) is 0 Å². The zero-order valence-corrected chi connectivity index (χ0v) is 8.84. The van der Waals surface area contributed by atoms with E-state index in [1.807, 2.05) is 11.8 Å². The molecule has 1 saturated carbocycles. The van der Waals surface area contributed by atoms with Gasteiger partial charge in [-0.1, -0.05) is 0 Å². The summed E-state index contributed by atoms with van der Waals surface area (Å²) in [5.74, 6) is 1.99. The lowest BCUT2D eigenvalue weighted by molar-refractivity contribution is 0.129. The van der Waals surface area contributed by atoms with E-state index in [0.29, 0.717) is 6.42 Å². The molecule has 1 nitrogen and oxygen atoms in total. The third-order valence-electron chi connectivity index (χ3n) is 3.35. The molecule has 0 radical (unpaired) electrons. The van der Waals surface area contributed by atoms with Crippen LogP contribution < -0.4 is 5.73 Å². The molecule has 0 aromatic heterocycles. The Morgan fingerprint density at radius 1 is 1.08 bits per heavy atom. The lowest BCUT2D eigenvalue weighted by atomic mass is 9.91. The van der Waals surface area contributed by atoms with Crippen molar-refractivity contribution in [2.75, 3.05) is 11.5 Å². The van der Waals surface area contributed by atoms with Gasteiger partial charge in [0.05, 0.1) is 0 Å². The average molecular weight is 203 g/mol. The summed E-state index contributed by atoms with van der Waals surface area (Å²) in [5.41, 5.74) is 5.11. The second kappa shape index (κ2) is 3.43. The molecule has 0 unspecified atom stereocenters. The van der Waals surface area contributed by atoms with Gasteiger partial charge in [-0.05, 0) is 50.0 Å². The number of rotatable bonds is 3. The minimum atomic E-state index is -0.875. The highest BCUT2D eigenvalue weighted by Crippen LogP contribution is 2.42. The summed E-state index contributed by atoms with van der Waals surface area (Å²) in [6, 6.07) is 0. The number of thioether (sulfide) groups is 1. The Morgan fingerprint density at radius 3 is 2.23 bits per heavy atom. The van der Waals surface area contributed by atoms with Gasteiger partial charge >= 0.3 is 0 Å². The first-order valence-electron chi connectivity index (χ1n) is 5.18. The van der Waals surface area contributed by atoms with E-state index < -0.39 is 5.67 Å². The van der Waals surface area contributed by atoms with Gasteiger partial charge in [-0.15, -0.1) is 0 Å². The molecule has 2 aliphatic rings. The molecule has 1 saturated heterocycles. The molecule has 2 rings (SSSR count). The number of nitrogens with two attached hydrogens (primary N) is 1. The summed E-state index contributed by atoms with van der Waals surface area (Å²) in [6.07, 6.45) is 5.30. The van der Waals surface area contributed by atoms with Crippen molar-refractivity contribution in [1.82, 2.24) is 0 Å². The molecular formula is C10H18FNS. The lowest BCUT2D eigenvalue weighted by Crippen LogP contribution is -2.32. The van der Waals surface area contributed by atoms with Gasteiger partial charge < -0.3 is 5.73 Å². The van der Waals surface area contributed by atoms with Gasteiger partial charge in [0.15, 0.2) is 0 Å². The molecule has 0 spiro atoms. The van der Waals surface area contributed by atoms with Gasteiger partial charge in [-0.3, -0.25) is 0 Å². The van der Waals surface area contributed by atoms with E-state index in [2.05, 4.69) is 0 Å². The molecule has 1 aliphatic carbocycles. The molecule has 1 aliphatic heterocycles. The molecular weight excluding hydrogens is 185 g/mol. The number of halogens is 1. The van der Waals surface area contributed by atoms with Gasteiger partial charge in [0, 0.05) is 5.54 Å². The molecule has 13 heavy (non-hydrogen) atoms. The largest absolute Gasteiger partial charge is 0.325 e. The van der Waals surface area contributed by atoms with Crippen LogP contribution in [0.1, 0.15) is 38.5 Å². The molecule has 0 amide bonds. The van der Waals surface area contributed by atoms with E-state index in [4.69, 9.17) is 5.73 Å². The second-order valence-corrected chi connectivity index (χ2v) is 5.85. The van der Waals surface area contributed by atoms with Crippen LogP contribution in [-0.4, -0.2) is 22.7 Å². The zero-order valence-electron chi connectivity index (χ0n) is 8.02. The Balaban J connectivity index is 1.77. The first-order chi connectivity index (χ1) is 6.12. The SMILES string of the molecule is NC1(CCC2(F)CCSCC2)CC1. The second-order valence-electron chi connectivity index (χ2n) is 4.63. The number of hydrogen-bond donors (Lipinski definition) is 1. The topological polar surface area (TPSA) is 26.0 Å². The van der Waals surface area contributed by atoms with Crippen LogP contribution in [-0.2, 0) is 0 Å². The van der Waals surface area contributed by atoms with Crippen LogP contribution in [0, 0.1) is 0 Å². The van der Waals surface area contributed by atoms with Gasteiger partial charge in [0.25, 0.3) is 0 Å². The standard InChI is InChI=1S/C10H18FNS/c11-9(5-7-13-8-6-9)1-2-10(12)3-4-10/h1-8,12H2. The highest BCUT2D eigenvalue weighted by molar-refractivity contribution is 7.99. The predicted octanol–water partition coefficient (Wildman–Crippen LogP) is 2.49. The zero-order chi connectivity index (χ0) is 9.36. The molecule has 1 heterocycles. The fourth-order valence-electron chi connectivity index (χ4n) is 1.87. The van der Waals surface area contributed by atoms with Gasteiger partial charge in [-0.25, -0.2) is 4.39 Å². The Morgan fingerprint density at radius 2 is 1.69 bits per heavy atom. The molecule has 0 bridgehead atoms. The molecule has 0 aromatic carbocycles. The summed E-state index contributed by atoms with van der Waals surface area (Å²) in [6.45, 7) is 0. The van der Waals surface area contributed by atoms with Gasteiger partial charge in [-0.2, -0.15) is 11.8 Å². The fourth-order valence-corrected chi connectivity index (χ4v) is 3.10. The maximum Gasteiger partial charge on any atom is 0.112 e. The number of hydrogen-bond acceptors (Lipinski definition) is 2. The number of alkyl halides is 1. The van der Waals surface area contributed by atoms with Crippen molar-refractivity contribution in [3.05, 3.63) is 0 Å². The van der Waals surface area contributed by atoms with Crippen LogP contribution in [0.2, 0.25) is 0 Å². The highest BCUT2D eigenvalue weighted by atomic mass is 32.2. The van der Waals surface area contributed by atoms with Crippen molar-refractivity contribution in [2.24, 2.45) is 5.73 Å². The summed E-state index contributed by atoms with van der Waals surface area (Å²) >= 11 is 1.87. The molecule has 2 fully saturated rings. The predicted molar refractivity (Wildman–Crippen MR) is 55.8 cm³/mol. The Labute approximate surface area is 83.6 Å². The maximum atomic E-state index is 14.1. The van der Waals surface area contributed by atoms with E-state index in [9.17, 15) is 4.39 Å². The molecule has 2 N–H and O–H groups in total. The molecule has 3 heteroatoms. The highest BCUT2D eigenvalue weighted by Gasteiger charge is 2.41. The first kappa shape index (κ1) is 9.78.